The minimum absolute atomic E-state index is 0.0309. The van der Waals surface area contributed by atoms with Crippen LogP contribution in [0.3, 0.4) is 0 Å². The molecule has 1 aliphatic rings. The second kappa shape index (κ2) is 5.50. The van der Waals surface area contributed by atoms with E-state index in [2.05, 4.69) is 10.1 Å². The van der Waals surface area contributed by atoms with E-state index in [4.69, 9.17) is 15.0 Å². The lowest BCUT2D eigenvalue weighted by Gasteiger charge is -2.20. The Labute approximate surface area is 116 Å². The van der Waals surface area contributed by atoms with Gasteiger partial charge in [0.25, 0.3) is 5.89 Å². The van der Waals surface area contributed by atoms with Crippen LogP contribution in [0.4, 0.5) is 5.69 Å². The van der Waals surface area contributed by atoms with Crippen LogP contribution in [0.15, 0.2) is 22.7 Å². The molecule has 0 saturated carbocycles. The van der Waals surface area contributed by atoms with E-state index in [9.17, 15) is 5.11 Å². The summed E-state index contributed by atoms with van der Waals surface area (Å²) in [5, 5.41) is 13.8. The normalized spacial score (nSPS) is 19.1. The average molecular weight is 275 g/mol. The summed E-state index contributed by atoms with van der Waals surface area (Å²) >= 11 is 0. The standard InChI is InChI=1S/C14H17N3O3/c15-11-6-3-5-10(13(11)18)14-16-12(17-20-14)8-9-4-1-2-7-19-9/h3,5-6,9,18H,1-2,4,7-8,15H2. The fourth-order valence-electron chi connectivity index (χ4n) is 2.35. The van der Waals surface area contributed by atoms with Crippen LogP contribution < -0.4 is 5.73 Å². The molecule has 6 nitrogen and oxygen atoms in total. The summed E-state index contributed by atoms with van der Waals surface area (Å²) < 4.78 is 10.8. The summed E-state index contributed by atoms with van der Waals surface area (Å²) in [4.78, 5) is 4.30. The van der Waals surface area contributed by atoms with Gasteiger partial charge in [-0.3, -0.25) is 0 Å². The molecule has 106 valence electrons. The summed E-state index contributed by atoms with van der Waals surface area (Å²) in [6, 6.07) is 5.05. The third kappa shape index (κ3) is 2.60. The van der Waals surface area contributed by atoms with Crippen LogP contribution in [0, 0.1) is 0 Å². The Kier molecular flexibility index (Phi) is 3.56. The van der Waals surface area contributed by atoms with Crippen LogP contribution in [0.25, 0.3) is 11.5 Å². The second-order valence-corrected chi connectivity index (χ2v) is 4.95. The van der Waals surface area contributed by atoms with Gasteiger partial charge in [0.15, 0.2) is 11.6 Å². The van der Waals surface area contributed by atoms with Crippen LogP contribution in [0.2, 0.25) is 0 Å². The number of hydrogen-bond acceptors (Lipinski definition) is 6. The fraction of sp³-hybridized carbons (Fsp3) is 0.429. The maximum absolute atomic E-state index is 9.90. The first kappa shape index (κ1) is 12.9. The Hall–Kier alpha value is -2.08. The zero-order valence-corrected chi connectivity index (χ0v) is 11.1. The Morgan fingerprint density at radius 1 is 1.35 bits per heavy atom. The molecule has 1 aliphatic heterocycles. The Morgan fingerprint density at radius 2 is 2.25 bits per heavy atom. The summed E-state index contributed by atoms with van der Waals surface area (Å²) in [5.41, 5.74) is 6.40. The lowest BCUT2D eigenvalue weighted by atomic mass is 10.1. The molecular weight excluding hydrogens is 258 g/mol. The SMILES string of the molecule is Nc1cccc(-c2nc(CC3CCCCO3)no2)c1O. The van der Waals surface area contributed by atoms with Gasteiger partial charge in [-0.05, 0) is 31.4 Å². The van der Waals surface area contributed by atoms with Crippen molar-refractivity contribution in [3.05, 3.63) is 24.0 Å². The molecule has 1 unspecified atom stereocenters. The van der Waals surface area contributed by atoms with Gasteiger partial charge < -0.3 is 20.1 Å². The Balaban J connectivity index is 1.77. The number of para-hydroxylation sites is 1. The summed E-state index contributed by atoms with van der Waals surface area (Å²) in [5.74, 6) is 0.839. The highest BCUT2D eigenvalue weighted by Crippen LogP contribution is 2.32. The number of benzene rings is 1. The van der Waals surface area contributed by atoms with Gasteiger partial charge in [0, 0.05) is 13.0 Å². The van der Waals surface area contributed by atoms with E-state index in [1.807, 2.05) is 0 Å². The monoisotopic (exact) mass is 275 g/mol. The van der Waals surface area contributed by atoms with Gasteiger partial charge in [-0.2, -0.15) is 4.98 Å². The Bertz CT molecular complexity index is 591. The van der Waals surface area contributed by atoms with Crippen LogP contribution in [-0.4, -0.2) is 28.0 Å². The number of hydrogen-bond donors (Lipinski definition) is 2. The molecule has 0 aliphatic carbocycles. The van der Waals surface area contributed by atoms with E-state index < -0.39 is 0 Å². The van der Waals surface area contributed by atoms with E-state index in [1.165, 1.54) is 6.42 Å². The average Bonchev–Trinajstić information content (AvgIpc) is 2.91. The zero-order valence-electron chi connectivity index (χ0n) is 11.1. The highest BCUT2D eigenvalue weighted by atomic mass is 16.5. The molecule has 0 radical (unpaired) electrons. The molecule has 0 amide bonds. The van der Waals surface area contributed by atoms with Gasteiger partial charge in [0.2, 0.25) is 0 Å². The molecule has 1 fully saturated rings. The number of phenolic OH excluding ortho intramolecular Hbond substituents is 1. The quantitative estimate of drug-likeness (QED) is 0.658. The van der Waals surface area contributed by atoms with E-state index in [-0.39, 0.29) is 23.4 Å². The molecule has 3 rings (SSSR count). The highest BCUT2D eigenvalue weighted by molar-refractivity contribution is 5.71. The van der Waals surface area contributed by atoms with Crippen molar-refractivity contribution in [3.63, 3.8) is 0 Å². The highest BCUT2D eigenvalue weighted by Gasteiger charge is 2.19. The predicted molar refractivity (Wildman–Crippen MR) is 73.1 cm³/mol. The smallest absolute Gasteiger partial charge is 0.261 e. The van der Waals surface area contributed by atoms with Crippen molar-refractivity contribution in [1.82, 2.24) is 10.1 Å². The molecule has 1 aromatic heterocycles. The number of rotatable bonds is 3. The number of anilines is 1. The largest absolute Gasteiger partial charge is 0.505 e. The molecule has 2 heterocycles. The Morgan fingerprint density at radius 3 is 3.05 bits per heavy atom. The topological polar surface area (TPSA) is 94.4 Å². The second-order valence-electron chi connectivity index (χ2n) is 4.95. The third-order valence-corrected chi connectivity index (χ3v) is 3.45. The lowest BCUT2D eigenvalue weighted by molar-refractivity contribution is 0.0153. The number of nitrogen functional groups attached to an aromatic ring is 1. The number of phenols is 1. The molecule has 2 aromatic rings. The van der Waals surface area contributed by atoms with Crippen LogP contribution in [0.1, 0.15) is 25.1 Å². The van der Waals surface area contributed by atoms with Crippen molar-refractivity contribution in [2.75, 3.05) is 12.3 Å². The molecule has 6 heteroatoms. The van der Waals surface area contributed by atoms with Crippen molar-refractivity contribution in [2.24, 2.45) is 0 Å². The van der Waals surface area contributed by atoms with Crippen molar-refractivity contribution in [1.29, 1.82) is 0 Å². The van der Waals surface area contributed by atoms with Gasteiger partial charge >= 0.3 is 0 Å². The molecule has 1 saturated heterocycles. The summed E-state index contributed by atoms with van der Waals surface area (Å²) in [7, 11) is 0. The molecule has 20 heavy (non-hydrogen) atoms. The number of nitrogens with two attached hydrogens (primary N) is 1. The van der Waals surface area contributed by atoms with Crippen molar-refractivity contribution in [2.45, 2.75) is 31.8 Å². The molecule has 0 bridgehead atoms. The fourth-order valence-corrected chi connectivity index (χ4v) is 2.35. The van der Waals surface area contributed by atoms with Gasteiger partial charge in [-0.1, -0.05) is 11.2 Å². The molecule has 1 atom stereocenters. The summed E-state index contributed by atoms with van der Waals surface area (Å²) in [6.45, 7) is 0.797. The van der Waals surface area contributed by atoms with Crippen LogP contribution in [-0.2, 0) is 11.2 Å². The van der Waals surface area contributed by atoms with Crippen LogP contribution >= 0.6 is 0 Å². The van der Waals surface area contributed by atoms with E-state index in [0.29, 0.717) is 17.8 Å². The van der Waals surface area contributed by atoms with Crippen molar-refractivity contribution < 1.29 is 14.4 Å². The van der Waals surface area contributed by atoms with Crippen molar-refractivity contribution >= 4 is 5.69 Å². The predicted octanol–water partition coefficient (Wildman–Crippen LogP) is 2.14. The maximum atomic E-state index is 9.90. The number of ether oxygens (including phenoxy) is 1. The van der Waals surface area contributed by atoms with E-state index in [0.717, 1.165) is 19.4 Å². The number of aromatic hydroxyl groups is 1. The van der Waals surface area contributed by atoms with E-state index >= 15 is 0 Å². The van der Waals surface area contributed by atoms with Crippen molar-refractivity contribution in [3.8, 4) is 17.2 Å². The zero-order chi connectivity index (χ0) is 13.9. The minimum Gasteiger partial charge on any atom is -0.505 e. The van der Waals surface area contributed by atoms with Gasteiger partial charge in [0.05, 0.1) is 17.4 Å². The third-order valence-electron chi connectivity index (χ3n) is 3.45. The van der Waals surface area contributed by atoms with Gasteiger partial charge in [0.1, 0.15) is 0 Å². The molecular formula is C14H17N3O3. The molecule has 3 N–H and O–H groups in total. The first-order valence-corrected chi connectivity index (χ1v) is 6.76. The van der Waals surface area contributed by atoms with E-state index in [1.54, 1.807) is 18.2 Å². The molecule has 1 aromatic carbocycles. The number of nitrogens with zero attached hydrogens (tertiary/aromatic N) is 2. The maximum Gasteiger partial charge on any atom is 0.261 e. The van der Waals surface area contributed by atoms with Gasteiger partial charge in [-0.15, -0.1) is 0 Å². The van der Waals surface area contributed by atoms with Crippen LogP contribution in [0.5, 0.6) is 5.75 Å². The first-order valence-electron chi connectivity index (χ1n) is 6.76. The van der Waals surface area contributed by atoms with Gasteiger partial charge in [-0.25, -0.2) is 0 Å². The first-order chi connectivity index (χ1) is 9.74. The lowest BCUT2D eigenvalue weighted by Crippen LogP contribution is -2.21. The number of aromatic nitrogens is 2. The molecule has 0 spiro atoms. The summed E-state index contributed by atoms with van der Waals surface area (Å²) in [6.07, 6.45) is 4.10. The minimum atomic E-state index is -0.0309.